The van der Waals surface area contributed by atoms with E-state index in [1.807, 2.05) is 48.7 Å². The van der Waals surface area contributed by atoms with E-state index >= 15 is 0 Å². The molecule has 1 aromatic heterocycles. The number of nitrogens with zero attached hydrogens (tertiary/aromatic N) is 1. The predicted octanol–water partition coefficient (Wildman–Crippen LogP) is 5.84. The third-order valence-corrected chi connectivity index (χ3v) is 5.73. The lowest BCUT2D eigenvalue weighted by atomic mass is 9.69. The van der Waals surface area contributed by atoms with Crippen LogP contribution in [0.3, 0.4) is 0 Å². The van der Waals surface area contributed by atoms with Gasteiger partial charge in [-0.3, -0.25) is 9.78 Å². The van der Waals surface area contributed by atoms with E-state index in [9.17, 15) is 4.79 Å². The number of pyridine rings is 1. The highest BCUT2D eigenvalue weighted by atomic mass is 16.1. The second-order valence-corrected chi connectivity index (χ2v) is 7.87. The molecule has 0 fully saturated rings. The SMILES string of the molecule is CC(=O)C(Cc1ccccc1)(Cc1ccccc1)Cc1ccc2ncccc2c1. The van der Waals surface area contributed by atoms with Crippen molar-refractivity contribution in [3.63, 3.8) is 0 Å². The van der Waals surface area contributed by atoms with Gasteiger partial charge in [0, 0.05) is 17.0 Å². The Morgan fingerprint density at radius 1 is 0.724 bits per heavy atom. The summed E-state index contributed by atoms with van der Waals surface area (Å²) in [4.78, 5) is 17.6. The Morgan fingerprint density at radius 3 is 1.90 bits per heavy atom. The van der Waals surface area contributed by atoms with Crippen molar-refractivity contribution in [2.45, 2.75) is 26.2 Å². The number of Topliss-reactive ketones (excluding diaryl/α,β-unsaturated/α-hetero) is 1. The zero-order valence-electron chi connectivity index (χ0n) is 16.7. The van der Waals surface area contributed by atoms with E-state index in [1.54, 1.807) is 6.92 Å². The van der Waals surface area contributed by atoms with Gasteiger partial charge in [-0.25, -0.2) is 0 Å². The van der Waals surface area contributed by atoms with Crippen LogP contribution in [-0.4, -0.2) is 10.8 Å². The fourth-order valence-corrected chi connectivity index (χ4v) is 4.16. The van der Waals surface area contributed by atoms with E-state index in [2.05, 4.69) is 53.5 Å². The summed E-state index contributed by atoms with van der Waals surface area (Å²) in [5.41, 5.74) is 4.06. The number of rotatable bonds is 7. The molecule has 3 aromatic carbocycles. The van der Waals surface area contributed by atoms with Crippen molar-refractivity contribution < 1.29 is 4.79 Å². The molecule has 2 nitrogen and oxygen atoms in total. The largest absolute Gasteiger partial charge is 0.299 e. The maximum Gasteiger partial charge on any atom is 0.136 e. The van der Waals surface area contributed by atoms with Gasteiger partial charge in [0.2, 0.25) is 0 Å². The van der Waals surface area contributed by atoms with Gasteiger partial charge in [-0.05, 0) is 61.1 Å². The number of hydrogen-bond acceptors (Lipinski definition) is 2. The molecule has 1 heterocycles. The topological polar surface area (TPSA) is 30.0 Å². The number of carbonyl (C=O) groups excluding carboxylic acids is 1. The van der Waals surface area contributed by atoms with Gasteiger partial charge in [0.25, 0.3) is 0 Å². The summed E-state index contributed by atoms with van der Waals surface area (Å²) in [7, 11) is 0. The molecule has 2 heteroatoms. The van der Waals surface area contributed by atoms with E-state index < -0.39 is 5.41 Å². The average molecular weight is 380 g/mol. The maximum atomic E-state index is 13.1. The van der Waals surface area contributed by atoms with E-state index in [-0.39, 0.29) is 5.78 Å². The maximum absolute atomic E-state index is 13.1. The highest BCUT2D eigenvalue weighted by Crippen LogP contribution is 2.34. The smallest absolute Gasteiger partial charge is 0.136 e. The van der Waals surface area contributed by atoms with Gasteiger partial charge in [0.05, 0.1) is 5.52 Å². The number of fused-ring (bicyclic) bond motifs is 1. The Morgan fingerprint density at radius 2 is 1.31 bits per heavy atom. The van der Waals surface area contributed by atoms with Crippen LogP contribution in [0.25, 0.3) is 10.9 Å². The van der Waals surface area contributed by atoms with Gasteiger partial charge in [-0.1, -0.05) is 72.8 Å². The van der Waals surface area contributed by atoms with Gasteiger partial charge in [0.15, 0.2) is 0 Å². The Kier molecular flexibility index (Phi) is 5.53. The van der Waals surface area contributed by atoms with Gasteiger partial charge in [-0.2, -0.15) is 0 Å². The number of aromatic nitrogens is 1. The molecule has 0 aliphatic heterocycles. The summed E-state index contributed by atoms with van der Waals surface area (Å²) in [6.45, 7) is 1.74. The molecule has 4 rings (SSSR count). The van der Waals surface area contributed by atoms with Crippen LogP contribution in [0.2, 0.25) is 0 Å². The molecule has 29 heavy (non-hydrogen) atoms. The summed E-state index contributed by atoms with van der Waals surface area (Å²) >= 11 is 0. The molecule has 0 atom stereocenters. The van der Waals surface area contributed by atoms with E-state index in [0.29, 0.717) is 6.42 Å². The Hall–Kier alpha value is -3.26. The molecule has 0 spiro atoms. The normalized spacial score (nSPS) is 11.5. The van der Waals surface area contributed by atoms with Crippen molar-refractivity contribution >= 4 is 16.7 Å². The molecule has 0 bridgehead atoms. The molecule has 0 saturated heterocycles. The molecule has 0 N–H and O–H groups in total. The van der Waals surface area contributed by atoms with Crippen molar-refractivity contribution in [3.05, 3.63) is 114 Å². The van der Waals surface area contributed by atoms with Crippen molar-refractivity contribution in [2.75, 3.05) is 0 Å². The highest BCUT2D eigenvalue weighted by Gasteiger charge is 2.36. The van der Waals surface area contributed by atoms with Gasteiger partial charge in [0.1, 0.15) is 5.78 Å². The van der Waals surface area contributed by atoms with Crippen molar-refractivity contribution in [1.82, 2.24) is 4.98 Å². The molecular weight excluding hydrogens is 354 g/mol. The standard InChI is InChI=1S/C27H25NO/c1-21(29)27(18-22-9-4-2-5-10-22,19-23-11-6-3-7-12-23)20-24-14-15-26-25(17-24)13-8-16-28-26/h2-17H,18-20H2,1H3. The molecule has 0 aliphatic carbocycles. The van der Waals surface area contributed by atoms with Gasteiger partial charge < -0.3 is 0 Å². The molecule has 0 saturated carbocycles. The molecule has 4 aromatic rings. The highest BCUT2D eigenvalue weighted by molar-refractivity contribution is 5.84. The van der Waals surface area contributed by atoms with Crippen LogP contribution in [0.4, 0.5) is 0 Å². The van der Waals surface area contributed by atoms with Crippen molar-refractivity contribution in [2.24, 2.45) is 5.41 Å². The first-order chi connectivity index (χ1) is 14.1. The third kappa shape index (κ3) is 4.43. The van der Waals surface area contributed by atoms with Crippen molar-refractivity contribution in [3.8, 4) is 0 Å². The van der Waals surface area contributed by atoms with Gasteiger partial charge >= 0.3 is 0 Å². The summed E-state index contributed by atoms with van der Waals surface area (Å²) in [6, 6.07) is 31.1. The minimum absolute atomic E-state index is 0.233. The fraction of sp³-hybridized carbons (Fsp3) is 0.185. The summed E-state index contributed by atoms with van der Waals surface area (Å²) in [5, 5.41) is 1.11. The average Bonchev–Trinajstić information content (AvgIpc) is 2.75. The van der Waals surface area contributed by atoms with Crippen molar-refractivity contribution in [1.29, 1.82) is 0 Å². The van der Waals surface area contributed by atoms with Crippen LogP contribution in [0.15, 0.2) is 97.2 Å². The number of ketones is 1. The number of hydrogen-bond donors (Lipinski definition) is 0. The predicted molar refractivity (Wildman–Crippen MR) is 119 cm³/mol. The summed E-state index contributed by atoms with van der Waals surface area (Å²) < 4.78 is 0. The van der Waals surface area contributed by atoms with Crippen LogP contribution >= 0.6 is 0 Å². The van der Waals surface area contributed by atoms with Crippen LogP contribution in [-0.2, 0) is 24.1 Å². The Labute approximate surface area is 172 Å². The molecule has 144 valence electrons. The van der Waals surface area contributed by atoms with Crippen LogP contribution in [0.1, 0.15) is 23.6 Å². The molecule has 0 amide bonds. The Balaban J connectivity index is 1.75. The van der Waals surface area contributed by atoms with E-state index in [4.69, 9.17) is 0 Å². The summed E-state index contributed by atoms with van der Waals surface area (Å²) in [6.07, 6.45) is 3.97. The minimum atomic E-state index is -0.488. The minimum Gasteiger partial charge on any atom is -0.299 e. The van der Waals surface area contributed by atoms with Crippen LogP contribution < -0.4 is 0 Å². The van der Waals surface area contributed by atoms with E-state index in [0.717, 1.165) is 23.7 Å². The summed E-state index contributed by atoms with van der Waals surface area (Å²) in [5.74, 6) is 0.233. The van der Waals surface area contributed by atoms with Crippen LogP contribution in [0.5, 0.6) is 0 Å². The lowest BCUT2D eigenvalue weighted by molar-refractivity contribution is -0.126. The molecule has 0 aliphatic rings. The zero-order valence-corrected chi connectivity index (χ0v) is 16.7. The third-order valence-electron chi connectivity index (χ3n) is 5.73. The molecule has 0 unspecified atom stereocenters. The molecular formula is C27H25NO. The Bertz CT molecular complexity index is 1060. The molecule has 0 radical (unpaired) electrons. The number of benzene rings is 3. The first kappa shape index (κ1) is 19.1. The van der Waals surface area contributed by atoms with Crippen LogP contribution in [0, 0.1) is 5.41 Å². The second-order valence-electron chi connectivity index (χ2n) is 7.87. The lowest BCUT2D eigenvalue weighted by Gasteiger charge is -2.32. The first-order valence-electron chi connectivity index (χ1n) is 10.1. The lowest BCUT2D eigenvalue weighted by Crippen LogP contribution is -2.36. The first-order valence-corrected chi connectivity index (χ1v) is 10.1. The van der Waals surface area contributed by atoms with E-state index in [1.165, 1.54) is 16.7 Å². The number of carbonyl (C=O) groups is 1. The quantitative estimate of drug-likeness (QED) is 0.404. The van der Waals surface area contributed by atoms with Gasteiger partial charge in [-0.15, -0.1) is 0 Å². The zero-order chi connectivity index (χ0) is 20.1. The fourth-order valence-electron chi connectivity index (χ4n) is 4.16. The second kappa shape index (κ2) is 8.40. The monoisotopic (exact) mass is 379 g/mol.